The van der Waals surface area contributed by atoms with Crippen molar-refractivity contribution in [2.75, 3.05) is 0 Å². The molecule has 0 bridgehead atoms. The van der Waals surface area contributed by atoms with E-state index in [1.165, 1.54) is 5.39 Å². The third-order valence-corrected chi connectivity index (χ3v) is 5.69. The summed E-state index contributed by atoms with van der Waals surface area (Å²) in [7, 11) is -1.51. The van der Waals surface area contributed by atoms with Crippen LogP contribution in [0, 0.1) is 0 Å². The van der Waals surface area contributed by atoms with Crippen molar-refractivity contribution in [2.24, 2.45) is 0 Å². The fourth-order valence-corrected chi connectivity index (χ4v) is 4.13. The van der Waals surface area contributed by atoms with Crippen LogP contribution in [0.5, 0.6) is 0 Å². The molecule has 4 aromatic carbocycles. The van der Waals surface area contributed by atoms with Crippen LogP contribution in [0.15, 0.2) is 98.2 Å². The van der Waals surface area contributed by atoms with E-state index in [1.54, 1.807) is 12.1 Å². The van der Waals surface area contributed by atoms with Crippen molar-refractivity contribution in [1.82, 2.24) is 0 Å². The molecule has 6 heteroatoms. The fraction of sp³-hybridized carbons (Fsp3) is 0. The van der Waals surface area contributed by atoms with Crippen molar-refractivity contribution < 1.29 is 18.9 Å². The van der Waals surface area contributed by atoms with Crippen molar-refractivity contribution in [3.63, 3.8) is 0 Å². The van der Waals surface area contributed by atoms with Crippen molar-refractivity contribution in [3.8, 4) is 0 Å². The van der Waals surface area contributed by atoms with E-state index in [0.29, 0.717) is 11.0 Å². The van der Waals surface area contributed by atoms with Gasteiger partial charge in [-0.05, 0) is 34.1 Å². The number of furan rings is 2. The highest BCUT2D eigenvalue weighted by Gasteiger charge is 2.18. The van der Waals surface area contributed by atoms with Crippen LogP contribution in [-0.2, 0) is 0 Å². The molecule has 0 spiro atoms. The Balaban J connectivity index is 0.000000130. The molecule has 2 N–H and O–H groups in total. The van der Waals surface area contributed by atoms with Gasteiger partial charge in [-0.25, -0.2) is 0 Å². The minimum Gasteiger partial charge on any atom is -0.456 e. The van der Waals surface area contributed by atoms with Gasteiger partial charge in [0.05, 0.1) is 4.47 Å². The first-order valence-electron chi connectivity index (χ1n) is 9.45. The molecular formula is C24H16BBrO4. The average molecular weight is 459 g/mol. The van der Waals surface area contributed by atoms with Gasteiger partial charge in [-0.2, -0.15) is 0 Å². The number of fused-ring (bicyclic) bond motifs is 6. The Bertz CT molecular complexity index is 1500. The van der Waals surface area contributed by atoms with Crippen LogP contribution in [0.1, 0.15) is 0 Å². The first kappa shape index (κ1) is 18.9. The molecule has 0 unspecified atom stereocenters. The van der Waals surface area contributed by atoms with Gasteiger partial charge in [-0.3, -0.25) is 0 Å². The molecule has 30 heavy (non-hydrogen) atoms. The van der Waals surface area contributed by atoms with E-state index < -0.39 is 7.12 Å². The van der Waals surface area contributed by atoms with E-state index in [9.17, 15) is 10.0 Å². The SMILES string of the molecule is Brc1cccc2c1oc1ccccc12.OB(O)c1cccc2c1oc1ccccc12. The normalized spacial score (nSPS) is 11.2. The quantitative estimate of drug-likeness (QED) is 0.314. The second-order valence-corrected chi connectivity index (χ2v) is 7.76. The van der Waals surface area contributed by atoms with E-state index in [1.807, 2.05) is 60.7 Å². The first-order chi connectivity index (χ1) is 14.6. The summed E-state index contributed by atoms with van der Waals surface area (Å²) in [5, 5.41) is 22.7. The molecule has 0 aliphatic carbocycles. The Morgan fingerprint density at radius 2 is 1.07 bits per heavy atom. The lowest BCUT2D eigenvalue weighted by Gasteiger charge is -1.98. The second-order valence-electron chi connectivity index (χ2n) is 6.91. The highest BCUT2D eigenvalue weighted by molar-refractivity contribution is 9.10. The number of halogens is 1. The van der Waals surface area contributed by atoms with Crippen LogP contribution in [0.3, 0.4) is 0 Å². The molecule has 2 aromatic heterocycles. The van der Waals surface area contributed by atoms with E-state index in [4.69, 9.17) is 8.83 Å². The Morgan fingerprint density at radius 3 is 1.70 bits per heavy atom. The minimum atomic E-state index is -1.51. The van der Waals surface area contributed by atoms with Crippen LogP contribution >= 0.6 is 15.9 Å². The van der Waals surface area contributed by atoms with Crippen molar-refractivity contribution in [1.29, 1.82) is 0 Å². The topological polar surface area (TPSA) is 66.7 Å². The molecule has 6 aromatic rings. The van der Waals surface area contributed by atoms with Gasteiger partial charge in [0.15, 0.2) is 0 Å². The van der Waals surface area contributed by atoms with Gasteiger partial charge < -0.3 is 18.9 Å². The van der Waals surface area contributed by atoms with Crippen LogP contribution in [0.4, 0.5) is 0 Å². The molecule has 4 nitrogen and oxygen atoms in total. The van der Waals surface area contributed by atoms with Crippen LogP contribution in [-0.4, -0.2) is 17.2 Å². The number of hydrogen-bond acceptors (Lipinski definition) is 4. The van der Waals surface area contributed by atoms with E-state index in [-0.39, 0.29) is 0 Å². The third kappa shape index (κ3) is 3.19. The highest BCUT2D eigenvalue weighted by atomic mass is 79.9. The Hall–Kier alpha value is -3.06. The summed E-state index contributed by atoms with van der Waals surface area (Å²) < 4.78 is 12.4. The lowest BCUT2D eigenvalue weighted by atomic mass is 9.79. The van der Waals surface area contributed by atoms with Crippen LogP contribution in [0.2, 0.25) is 0 Å². The summed E-state index contributed by atoms with van der Waals surface area (Å²) in [6.07, 6.45) is 0. The molecule has 2 heterocycles. The van der Waals surface area contributed by atoms with Gasteiger partial charge in [0.2, 0.25) is 0 Å². The average Bonchev–Trinajstić information content (AvgIpc) is 3.33. The van der Waals surface area contributed by atoms with E-state index in [2.05, 4.69) is 28.1 Å². The molecule has 0 radical (unpaired) electrons. The van der Waals surface area contributed by atoms with E-state index >= 15 is 0 Å². The summed E-state index contributed by atoms with van der Waals surface area (Å²) in [5.74, 6) is 0. The predicted molar refractivity (Wildman–Crippen MR) is 125 cm³/mol. The summed E-state index contributed by atoms with van der Waals surface area (Å²) in [6, 6.07) is 27.1. The molecule has 0 aliphatic rings. The first-order valence-corrected chi connectivity index (χ1v) is 10.2. The van der Waals surface area contributed by atoms with Gasteiger partial charge in [-0.15, -0.1) is 0 Å². The molecule has 0 saturated carbocycles. The number of rotatable bonds is 1. The maximum Gasteiger partial charge on any atom is 0.492 e. The Labute approximate surface area is 180 Å². The Morgan fingerprint density at radius 1 is 0.567 bits per heavy atom. The van der Waals surface area contributed by atoms with Crippen LogP contribution < -0.4 is 5.46 Å². The second kappa shape index (κ2) is 7.65. The molecule has 0 saturated heterocycles. The lowest BCUT2D eigenvalue weighted by molar-refractivity contribution is 0.425. The molecule has 0 fully saturated rings. The summed E-state index contributed by atoms with van der Waals surface area (Å²) in [6.45, 7) is 0. The molecule has 0 amide bonds. The van der Waals surface area contributed by atoms with Gasteiger partial charge in [0.1, 0.15) is 22.3 Å². The van der Waals surface area contributed by atoms with Gasteiger partial charge in [0.25, 0.3) is 0 Å². The Kier molecular flexibility index (Phi) is 4.83. The minimum absolute atomic E-state index is 0.397. The molecule has 0 aliphatic heterocycles. The van der Waals surface area contributed by atoms with Gasteiger partial charge >= 0.3 is 7.12 Å². The number of para-hydroxylation sites is 4. The molecule has 0 atom stereocenters. The summed E-state index contributed by atoms with van der Waals surface area (Å²) in [4.78, 5) is 0. The third-order valence-electron chi connectivity index (χ3n) is 5.07. The zero-order chi connectivity index (χ0) is 20.7. The predicted octanol–water partition coefficient (Wildman–Crippen LogP) is 5.61. The molecule has 6 rings (SSSR count). The zero-order valence-corrected chi connectivity index (χ0v) is 17.3. The number of hydrogen-bond donors (Lipinski definition) is 2. The monoisotopic (exact) mass is 458 g/mol. The van der Waals surface area contributed by atoms with Crippen molar-refractivity contribution >= 4 is 72.4 Å². The maximum atomic E-state index is 9.24. The zero-order valence-electron chi connectivity index (χ0n) is 15.7. The van der Waals surface area contributed by atoms with Gasteiger partial charge in [-0.1, -0.05) is 66.7 Å². The molecular weight excluding hydrogens is 443 g/mol. The van der Waals surface area contributed by atoms with Crippen LogP contribution in [0.25, 0.3) is 43.9 Å². The number of benzene rings is 4. The maximum absolute atomic E-state index is 9.24. The fourth-order valence-electron chi connectivity index (χ4n) is 3.69. The molecule has 146 valence electrons. The largest absolute Gasteiger partial charge is 0.492 e. The van der Waals surface area contributed by atoms with E-state index in [0.717, 1.165) is 37.4 Å². The summed E-state index contributed by atoms with van der Waals surface area (Å²) in [5.41, 5.74) is 3.56. The standard InChI is InChI=1S/C12H9BO3.C12H7BrO/c14-13(15)10-6-3-5-9-8-4-1-2-7-11(8)16-12(9)10;13-10-6-3-5-9-8-4-1-2-7-11(8)14-12(9)10/h1-7,14-15H;1-7H. The smallest absolute Gasteiger partial charge is 0.456 e. The lowest BCUT2D eigenvalue weighted by Crippen LogP contribution is -2.29. The summed E-state index contributed by atoms with van der Waals surface area (Å²) >= 11 is 3.48. The van der Waals surface area contributed by atoms with Crippen molar-refractivity contribution in [3.05, 3.63) is 89.4 Å². The van der Waals surface area contributed by atoms with Gasteiger partial charge in [0, 0.05) is 27.0 Å². The highest BCUT2D eigenvalue weighted by Crippen LogP contribution is 2.32. The van der Waals surface area contributed by atoms with Crippen molar-refractivity contribution in [2.45, 2.75) is 0 Å².